The van der Waals surface area contributed by atoms with Crippen LogP contribution in [0.2, 0.25) is 45.8 Å². The fourth-order valence-corrected chi connectivity index (χ4v) is 73.2. The van der Waals surface area contributed by atoms with Crippen LogP contribution >= 0.6 is 0 Å². The molecule has 0 N–H and O–H groups in total. The lowest BCUT2D eigenvalue weighted by Crippen LogP contribution is -2.93. The van der Waals surface area contributed by atoms with E-state index in [1.807, 2.05) is 264 Å². The van der Waals surface area contributed by atoms with Gasteiger partial charge in [0.15, 0.2) is 0 Å². The Morgan fingerprint density at radius 1 is 0.183 bits per heavy atom. The van der Waals surface area contributed by atoms with Gasteiger partial charge in [-0.3, -0.25) is 0 Å². The Hall–Kier alpha value is -3.67. The molecule has 0 amide bonds. The lowest BCUT2D eigenvalue weighted by molar-refractivity contribution is 0.0296. The zero-order chi connectivity index (χ0) is 58.0. The summed E-state index contributed by atoms with van der Waals surface area (Å²) in [4.78, 5) is 0. The Kier molecular flexibility index (Phi) is 14.9. The van der Waals surface area contributed by atoms with Crippen molar-refractivity contribution in [2.45, 2.75) is 94.3 Å². The first-order valence-electron chi connectivity index (χ1n) is 27.7. The maximum atomic E-state index is 8.66. The molecule has 0 radical (unpaired) electrons. The number of hydrogen-bond acceptors (Lipinski definition) is 15. The Morgan fingerprint density at radius 3 is 0.463 bits per heavy atom. The molecule has 6 aliphatic heterocycles. The predicted molar refractivity (Wildman–Crippen MR) is 336 cm³/mol. The Bertz CT molecular complexity index is 3280. The molecule has 0 unspecified atom stereocenters. The number of benzene rings is 7. The van der Waals surface area contributed by atoms with Gasteiger partial charge in [0.25, 0.3) is 0 Å². The van der Waals surface area contributed by atoms with Crippen molar-refractivity contribution in [2.24, 2.45) is 0 Å². The van der Waals surface area contributed by atoms with E-state index in [1.54, 1.807) is 0 Å². The molecule has 0 aliphatic carbocycles. The fourth-order valence-electron chi connectivity index (χ4n) is 12.0. The van der Waals surface area contributed by atoms with Crippen LogP contribution in [0.25, 0.3) is 0 Å². The molecule has 7 aromatic rings. The highest BCUT2D eigenvalue weighted by molar-refractivity contribution is 7.12. The van der Waals surface area contributed by atoms with E-state index in [-0.39, 0.29) is 0 Å². The van der Waals surface area contributed by atoms with Crippen LogP contribution in [-0.4, -0.2) is 96.1 Å². The van der Waals surface area contributed by atoms with E-state index in [9.17, 15) is 0 Å². The molecule has 0 spiro atoms. The first-order chi connectivity index (χ1) is 38.7. The summed E-state index contributed by atoms with van der Waals surface area (Å²) in [5.74, 6) is 0. The lowest BCUT2D eigenvalue weighted by atomic mass is 10.2. The minimum atomic E-state index is -5.10. The molecule has 8 bridgehead atoms. The first-order valence-corrected chi connectivity index (χ1v) is 50.4. The average Bonchev–Trinajstić information content (AvgIpc) is 1.17. The Labute approximate surface area is 493 Å². The normalized spacial score (nSPS) is 33.0. The predicted octanol–water partition coefficient (Wildman–Crippen LogP) is 7.06. The largest absolute Gasteiger partial charge is 0.516 e. The molecule has 6 fully saturated rings. The van der Waals surface area contributed by atoms with Crippen LogP contribution in [0.3, 0.4) is 0 Å². The van der Waals surface area contributed by atoms with Gasteiger partial charge in [-0.15, -0.1) is 0 Å². The van der Waals surface area contributed by atoms with Gasteiger partial charge in [0.05, 0.1) is 0 Å². The van der Waals surface area contributed by atoms with E-state index < -0.39 is 96.1 Å². The third-order valence-electron chi connectivity index (χ3n) is 15.2. The van der Waals surface area contributed by atoms with E-state index in [4.69, 9.17) is 61.7 Å². The van der Waals surface area contributed by atoms with Gasteiger partial charge in [0.2, 0.25) is 0 Å². The second-order valence-corrected chi connectivity index (χ2v) is 57.1. The van der Waals surface area contributed by atoms with Gasteiger partial charge in [-0.1, -0.05) is 170 Å². The van der Waals surface area contributed by atoms with Crippen LogP contribution in [0.1, 0.15) is 38.9 Å². The van der Waals surface area contributed by atoms with E-state index >= 15 is 0 Å². The summed E-state index contributed by atoms with van der Waals surface area (Å²) >= 11 is 0. The van der Waals surface area contributed by atoms with Crippen LogP contribution in [0, 0.1) is 48.5 Å². The molecule has 82 heavy (non-hydrogen) atoms. The highest BCUT2D eigenvalue weighted by Gasteiger charge is 2.83. The van der Waals surface area contributed by atoms with Crippen molar-refractivity contribution in [1.82, 2.24) is 0 Å². The van der Waals surface area contributed by atoms with Gasteiger partial charge < -0.3 is 61.7 Å². The monoisotopic (exact) mass is 1290 g/mol. The SMILES string of the molecule is Cc1ccccc1[Si]12O[Si](C)(C)O[Si]3(C)O[Si](C)(C)O[Si]4(c5ccccc5C)O[Si](c5ccccc5C)(O1)O[Si]1(c5ccccc5C)O[Si](c5ccccc5C)(O2)O[Si](c2ccccc2C)(O[Si](C)(C)O3)O[Si](c2ccccc2C)(O4)O1. The van der Waals surface area contributed by atoms with Gasteiger partial charge in [0.1, 0.15) is 0 Å². The molecule has 428 valence electrons. The molecule has 6 aliphatic rings. The number of rotatable bonds is 7. The smallest absolute Gasteiger partial charge is 0.395 e. The topological polar surface area (TPSA) is 138 Å². The summed E-state index contributed by atoms with van der Waals surface area (Å²) in [6, 6.07) is 55.7. The molecular formula is C56H70O15Si11. The average molecular weight is 1290 g/mol. The van der Waals surface area contributed by atoms with Crippen molar-refractivity contribution in [2.75, 3.05) is 0 Å². The third kappa shape index (κ3) is 10.3. The zero-order valence-electron chi connectivity index (χ0n) is 48.8. The minimum absolute atomic E-state index is 0.582. The molecule has 26 heteroatoms. The minimum Gasteiger partial charge on any atom is -0.395 e. The van der Waals surface area contributed by atoms with E-state index in [1.165, 1.54) is 0 Å². The summed E-state index contributed by atoms with van der Waals surface area (Å²) in [5, 5.41) is 4.12. The molecule has 13 rings (SSSR count). The molecule has 15 nitrogen and oxygen atoms in total. The van der Waals surface area contributed by atoms with Crippen LogP contribution < -0.4 is 36.3 Å². The zero-order valence-corrected chi connectivity index (χ0v) is 59.8. The molecule has 6 saturated heterocycles. The van der Waals surface area contributed by atoms with Crippen molar-refractivity contribution in [1.29, 1.82) is 0 Å². The summed E-state index contributed by atoms with van der Waals surface area (Å²) < 4.78 is 125. The van der Waals surface area contributed by atoms with Crippen LogP contribution in [0.4, 0.5) is 0 Å². The van der Waals surface area contributed by atoms with Gasteiger partial charge in [-0.25, -0.2) is 0 Å². The first kappa shape index (κ1) is 58.7. The van der Waals surface area contributed by atoms with Gasteiger partial charge in [0, 0.05) is 42.9 Å². The van der Waals surface area contributed by atoms with Crippen molar-refractivity contribution < 1.29 is 61.7 Å². The van der Waals surface area contributed by atoms with E-state index in [0.29, 0.717) is 36.3 Å². The maximum absolute atomic E-state index is 8.66. The second-order valence-electron chi connectivity index (χ2n) is 23.2. The molecule has 7 aromatic carbocycles. The summed E-state index contributed by atoms with van der Waals surface area (Å²) in [6.45, 7) is 27.9. The fraction of sp³-hybridized carbons (Fsp3) is 0.250. The van der Waals surface area contributed by atoms with Crippen molar-refractivity contribution in [3.05, 3.63) is 209 Å². The standard InChI is InChI=1S/C56H70O15Si11/c1-43-29-15-22-36-50(43)76-60-72(8,9)57-75(14)58-73(10,11)61-77(51-37-23-16-30-44(51)2)65-79(63-76,53-39-25-18-32-46(53)4)69-82(56-42-28-21-35-49(56)7)70-80(64-76,54-40-26-19-33-47(54)5)66-78(62-74(12,13)59-75,52-38-24-17-31-45(52)3)68-81(67-77,71-82)55-41-27-20-34-48(55)6/h15-42H,1-14H3. The van der Waals surface area contributed by atoms with Crippen LogP contribution in [0.15, 0.2) is 170 Å². The maximum Gasteiger partial charge on any atom is 0.516 e. The van der Waals surface area contributed by atoms with Gasteiger partial charge >= 0.3 is 96.1 Å². The molecule has 6 heterocycles. The summed E-state index contributed by atoms with van der Waals surface area (Å²) in [7, 11) is -51.1. The quantitative estimate of drug-likeness (QED) is 0.151. The van der Waals surface area contributed by atoms with E-state index in [2.05, 4.69) is 0 Å². The van der Waals surface area contributed by atoms with Crippen LogP contribution in [-0.2, 0) is 61.7 Å². The highest BCUT2D eigenvalue weighted by atomic mass is 28.6. The number of aryl methyl sites for hydroxylation is 7. The third-order valence-corrected chi connectivity index (χ3v) is 62.5. The van der Waals surface area contributed by atoms with Crippen molar-refractivity contribution in [3.8, 4) is 0 Å². The Morgan fingerprint density at radius 2 is 0.317 bits per heavy atom. The molecule has 0 atom stereocenters. The summed E-state index contributed by atoms with van der Waals surface area (Å²) in [6.07, 6.45) is 0. The highest BCUT2D eigenvalue weighted by Crippen LogP contribution is 2.47. The lowest BCUT2D eigenvalue weighted by Gasteiger charge is -2.60. The van der Waals surface area contributed by atoms with Crippen molar-refractivity contribution >= 4 is 132 Å². The second kappa shape index (κ2) is 20.8. The molecule has 0 saturated carbocycles. The van der Waals surface area contributed by atoms with Crippen LogP contribution in [0.5, 0.6) is 0 Å². The van der Waals surface area contributed by atoms with Gasteiger partial charge in [-0.05, 0) is 127 Å². The molecule has 0 aromatic heterocycles. The van der Waals surface area contributed by atoms with E-state index in [0.717, 1.165) is 38.9 Å². The molecular weight excluding hydrogens is 1220 g/mol. The van der Waals surface area contributed by atoms with Crippen molar-refractivity contribution in [3.63, 3.8) is 0 Å². The Balaban J connectivity index is 1.40. The number of fused-ring (bicyclic) bond motifs is 6. The van der Waals surface area contributed by atoms with Gasteiger partial charge in [-0.2, -0.15) is 0 Å². The number of hydrogen-bond donors (Lipinski definition) is 0. The summed E-state index contributed by atoms with van der Waals surface area (Å²) in [5.41, 5.74) is 5.53.